The van der Waals surface area contributed by atoms with E-state index in [-0.39, 0.29) is 17.2 Å². The third-order valence-corrected chi connectivity index (χ3v) is 5.35. The minimum Gasteiger partial charge on any atom is -0.451 e. The van der Waals surface area contributed by atoms with Crippen molar-refractivity contribution in [3.05, 3.63) is 99.8 Å². The number of fused-ring (bicyclic) bond motifs is 1. The zero-order chi connectivity index (χ0) is 23.8. The van der Waals surface area contributed by atoms with Crippen molar-refractivity contribution in [1.82, 2.24) is 15.0 Å². The number of nitro benzene ring substituents is 1. The number of furan rings is 1. The number of aryl methyl sites for hydroxylation is 2. The summed E-state index contributed by atoms with van der Waals surface area (Å²) in [6.45, 7) is 3.78. The molecule has 3 aromatic carbocycles. The number of nitrogens with zero attached hydrogens (tertiary/aromatic N) is 4. The second kappa shape index (κ2) is 8.28. The van der Waals surface area contributed by atoms with E-state index in [9.17, 15) is 14.9 Å². The van der Waals surface area contributed by atoms with Gasteiger partial charge in [0.05, 0.1) is 16.2 Å². The van der Waals surface area contributed by atoms with Crippen LogP contribution in [0.5, 0.6) is 0 Å². The van der Waals surface area contributed by atoms with E-state index in [1.54, 1.807) is 48.1 Å². The Morgan fingerprint density at radius 3 is 2.41 bits per heavy atom. The van der Waals surface area contributed by atoms with Crippen molar-refractivity contribution >= 4 is 28.3 Å². The second-order valence-electron chi connectivity index (χ2n) is 7.92. The molecule has 0 aliphatic carbocycles. The van der Waals surface area contributed by atoms with Gasteiger partial charge < -0.3 is 9.73 Å². The minimum atomic E-state index is -0.480. The first-order valence-electron chi connectivity index (χ1n) is 10.5. The molecule has 0 saturated carbocycles. The number of amides is 1. The molecule has 2 heterocycles. The van der Waals surface area contributed by atoms with E-state index >= 15 is 0 Å². The number of benzene rings is 3. The molecular formula is C25H19N5O4. The SMILES string of the molecule is Cc1ccc(-n2nc3ccc(NC(=O)c4ccc(-c5ccc(C)cc5[N+](=O)[O-])o4)cc3n2)cc1. The third kappa shape index (κ3) is 4.02. The fourth-order valence-electron chi connectivity index (χ4n) is 3.58. The molecule has 5 rings (SSSR count). The van der Waals surface area contributed by atoms with Gasteiger partial charge in [-0.1, -0.05) is 23.8 Å². The molecule has 1 N–H and O–H groups in total. The van der Waals surface area contributed by atoms with Crippen LogP contribution in [0.1, 0.15) is 21.7 Å². The molecule has 1 amide bonds. The maximum absolute atomic E-state index is 12.7. The normalized spacial score (nSPS) is 11.0. The summed E-state index contributed by atoms with van der Waals surface area (Å²) in [6.07, 6.45) is 0. The third-order valence-electron chi connectivity index (χ3n) is 5.35. The quantitative estimate of drug-likeness (QED) is 0.279. The van der Waals surface area contributed by atoms with Gasteiger partial charge in [0, 0.05) is 11.8 Å². The summed E-state index contributed by atoms with van der Waals surface area (Å²) < 4.78 is 5.64. The molecule has 0 radical (unpaired) electrons. The molecule has 0 bridgehead atoms. The highest BCUT2D eigenvalue weighted by molar-refractivity contribution is 6.03. The van der Waals surface area contributed by atoms with Crippen LogP contribution in [0.3, 0.4) is 0 Å². The Morgan fingerprint density at radius 2 is 1.65 bits per heavy atom. The molecule has 5 aromatic rings. The van der Waals surface area contributed by atoms with E-state index in [0.717, 1.165) is 16.8 Å². The van der Waals surface area contributed by atoms with Crippen LogP contribution in [0.25, 0.3) is 28.0 Å². The highest BCUT2D eigenvalue weighted by Crippen LogP contribution is 2.32. The number of carbonyl (C=O) groups excluding carboxylic acids is 1. The van der Waals surface area contributed by atoms with Crippen molar-refractivity contribution in [2.45, 2.75) is 13.8 Å². The number of anilines is 1. The Morgan fingerprint density at radius 1 is 0.912 bits per heavy atom. The molecule has 0 aliphatic heterocycles. The molecule has 0 aliphatic rings. The summed E-state index contributed by atoms with van der Waals surface area (Å²) in [5, 5.41) is 23.2. The van der Waals surface area contributed by atoms with Crippen LogP contribution < -0.4 is 5.32 Å². The van der Waals surface area contributed by atoms with Crippen molar-refractivity contribution < 1.29 is 14.1 Å². The molecule has 9 heteroatoms. The number of hydrogen-bond donors (Lipinski definition) is 1. The number of carbonyl (C=O) groups is 1. The van der Waals surface area contributed by atoms with Crippen molar-refractivity contribution in [2.24, 2.45) is 0 Å². The summed E-state index contributed by atoms with van der Waals surface area (Å²) in [6, 6.07) is 20.9. The lowest BCUT2D eigenvalue weighted by Crippen LogP contribution is -2.10. The topological polar surface area (TPSA) is 116 Å². The maximum Gasteiger partial charge on any atom is 0.291 e. The molecule has 0 unspecified atom stereocenters. The first-order valence-corrected chi connectivity index (χ1v) is 10.5. The number of aromatic nitrogens is 3. The van der Waals surface area contributed by atoms with Crippen molar-refractivity contribution in [2.75, 3.05) is 5.32 Å². The van der Waals surface area contributed by atoms with Gasteiger partial charge in [-0.05, 0) is 67.9 Å². The van der Waals surface area contributed by atoms with Crippen LogP contribution in [-0.2, 0) is 0 Å². The Balaban J connectivity index is 1.38. The molecule has 9 nitrogen and oxygen atoms in total. The van der Waals surface area contributed by atoms with E-state index < -0.39 is 10.8 Å². The van der Waals surface area contributed by atoms with Gasteiger partial charge in [-0.15, -0.1) is 10.2 Å². The Hall–Kier alpha value is -4.79. The van der Waals surface area contributed by atoms with Crippen LogP contribution in [0, 0.1) is 24.0 Å². The predicted molar refractivity (Wildman–Crippen MR) is 127 cm³/mol. The Labute approximate surface area is 193 Å². The zero-order valence-electron chi connectivity index (χ0n) is 18.4. The highest BCUT2D eigenvalue weighted by atomic mass is 16.6. The fourth-order valence-corrected chi connectivity index (χ4v) is 3.58. The summed E-state index contributed by atoms with van der Waals surface area (Å²) in [7, 11) is 0. The second-order valence-corrected chi connectivity index (χ2v) is 7.92. The summed E-state index contributed by atoms with van der Waals surface area (Å²) in [5.74, 6) is -0.201. The van der Waals surface area contributed by atoms with E-state index in [1.807, 2.05) is 31.2 Å². The van der Waals surface area contributed by atoms with Crippen LogP contribution in [0.15, 0.2) is 77.2 Å². The Kier molecular flexibility index (Phi) is 5.14. The monoisotopic (exact) mass is 453 g/mol. The summed E-state index contributed by atoms with van der Waals surface area (Å²) >= 11 is 0. The van der Waals surface area contributed by atoms with Gasteiger partial charge in [-0.25, -0.2) is 0 Å². The van der Waals surface area contributed by atoms with E-state index in [4.69, 9.17) is 4.42 Å². The largest absolute Gasteiger partial charge is 0.451 e. The molecule has 34 heavy (non-hydrogen) atoms. The first kappa shape index (κ1) is 21.1. The van der Waals surface area contributed by atoms with Gasteiger partial charge in [-0.3, -0.25) is 14.9 Å². The molecule has 2 aromatic heterocycles. The molecular weight excluding hydrogens is 434 g/mol. The van der Waals surface area contributed by atoms with Gasteiger partial charge in [0.25, 0.3) is 11.6 Å². The number of rotatable bonds is 5. The maximum atomic E-state index is 12.7. The first-order chi connectivity index (χ1) is 16.4. The molecule has 168 valence electrons. The Bertz CT molecular complexity index is 1550. The lowest BCUT2D eigenvalue weighted by molar-refractivity contribution is -0.384. The smallest absolute Gasteiger partial charge is 0.291 e. The zero-order valence-corrected chi connectivity index (χ0v) is 18.4. The van der Waals surface area contributed by atoms with Gasteiger partial charge in [0.15, 0.2) is 5.76 Å². The lowest BCUT2D eigenvalue weighted by atomic mass is 10.1. The fraction of sp³-hybridized carbons (Fsp3) is 0.0800. The van der Waals surface area contributed by atoms with E-state index in [0.29, 0.717) is 22.3 Å². The standard InChI is InChI=1S/C25H19N5O4/c1-15-3-7-18(8-4-15)29-27-20-10-6-17(14-21(20)28-29)26-25(31)24-12-11-23(34-24)19-9-5-16(2)13-22(19)30(32)33/h3-14H,1-2H3,(H,26,31). The summed E-state index contributed by atoms with van der Waals surface area (Å²) in [5.41, 5.74) is 4.79. The van der Waals surface area contributed by atoms with Gasteiger partial charge in [-0.2, -0.15) is 4.80 Å². The average molecular weight is 453 g/mol. The summed E-state index contributed by atoms with van der Waals surface area (Å²) in [4.78, 5) is 25.2. The number of hydrogen-bond acceptors (Lipinski definition) is 6. The van der Waals surface area contributed by atoms with Crippen LogP contribution in [0.2, 0.25) is 0 Å². The van der Waals surface area contributed by atoms with Crippen molar-refractivity contribution in [1.29, 1.82) is 0 Å². The lowest BCUT2D eigenvalue weighted by Gasteiger charge is -2.03. The highest BCUT2D eigenvalue weighted by Gasteiger charge is 2.20. The number of nitro groups is 1. The molecule has 0 saturated heterocycles. The van der Waals surface area contributed by atoms with E-state index in [1.165, 1.54) is 12.1 Å². The van der Waals surface area contributed by atoms with Crippen LogP contribution >= 0.6 is 0 Å². The van der Waals surface area contributed by atoms with E-state index in [2.05, 4.69) is 15.5 Å². The molecule has 0 fully saturated rings. The predicted octanol–water partition coefficient (Wildman–Crippen LogP) is 5.46. The molecule has 0 atom stereocenters. The number of nitrogens with one attached hydrogen (secondary N) is 1. The van der Waals surface area contributed by atoms with Crippen LogP contribution in [0.4, 0.5) is 11.4 Å². The minimum absolute atomic E-state index is 0.0354. The van der Waals surface area contributed by atoms with Gasteiger partial charge in [0.2, 0.25) is 0 Å². The van der Waals surface area contributed by atoms with Crippen LogP contribution in [-0.4, -0.2) is 25.8 Å². The molecule has 0 spiro atoms. The van der Waals surface area contributed by atoms with Gasteiger partial charge >= 0.3 is 0 Å². The van der Waals surface area contributed by atoms with Crippen molar-refractivity contribution in [3.8, 4) is 17.0 Å². The van der Waals surface area contributed by atoms with Crippen molar-refractivity contribution in [3.63, 3.8) is 0 Å². The average Bonchev–Trinajstić information content (AvgIpc) is 3.47. The van der Waals surface area contributed by atoms with Gasteiger partial charge in [0.1, 0.15) is 16.8 Å².